The van der Waals surface area contributed by atoms with Crippen molar-refractivity contribution in [3.8, 4) is 0 Å². The molecule has 0 bridgehead atoms. The SMILES string of the molecule is CCOC(=O)c1cc(C(=O)Cc2ccccc2C)c[nH]1.CCOC(=O)c1cc(CCc2ccccc2C)c[nH]1.CCOC(=O)c1ccc[nH]1.Cc1ccccc1CC(=O)Cl.Cc1ccccc1CCc1c[nH]c(C(=O)O)c1.ClCCl.[Cl][Al]([Cl])[Cl]. The summed E-state index contributed by atoms with van der Waals surface area (Å²) in [6.07, 6.45) is 11.2. The Bertz CT molecular complexity index is 3230. The van der Waals surface area contributed by atoms with Gasteiger partial charge >= 0.3 is 35.3 Å². The number of Topliss-reactive ketones (excluding diaryl/α,β-unsaturated/α-hetero) is 1. The molecule has 84 heavy (non-hydrogen) atoms. The highest BCUT2D eigenvalue weighted by atomic mass is 35.8. The van der Waals surface area contributed by atoms with Crippen molar-refractivity contribution < 1.29 is 48.1 Å². The number of hydrogen-bond donors (Lipinski definition) is 5. The number of esters is 3. The van der Waals surface area contributed by atoms with Crippen LogP contribution in [-0.2, 0) is 57.5 Å². The standard InChI is InChI=1S/C16H17NO3.C16H19NO2.C14H15NO2.C9H9ClO.C7H9NO2.CH2Cl2.Al.3ClH/c1-3-20-16(19)14-8-13(10-17-14)15(18)9-12-7-5-4-6-11(12)2;1-3-19-16(18)15-10-13(11-17-15)8-9-14-7-5-4-6-12(14)2;1-10-4-2-3-5-12(10)7-6-11-8-13(14(16)17)15-9-11;1-7-4-2-3-5-8(7)6-9(10)11;1-2-10-7(9)6-4-3-5-8-6;2-1-3;;;;/h4-8,10,17H,3,9H2,1-2H3;4-7,10-11,17H,3,8-9H2,1-2H3;2-5,8-9,15H,6-7H2,1H3,(H,16,17);2-5H,6H2,1H3;3-5,8H,2H2,1H3;1H2;;3*1H/q;;;;;;+3;;;/p-3. The van der Waals surface area contributed by atoms with Crippen molar-refractivity contribution in [1.82, 2.24) is 19.9 Å². The highest BCUT2D eigenvalue weighted by Crippen LogP contribution is 2.16. The molecule has 0 saturated heterocycles. The van der Waals surface area contributed by atoms with Gasteiger partial charge in [0.15, 0.2) is 5.78 Å². The van der Waals surface area contributed by atoms with E-state index in [1.54, 1.807) is 63.6 Å². The Hall–Kier alpha value is -6.51. The van der Waals surface area contributed by atoms with Gasteiger partial charge in [0, 0.05) is 43.2 Å². The van der Waals surface area contributed by atoms with Crippen molar-refractivity contribution in [2.45, 2.75) is 87.0 Å². The third-order valence-electron chi connectivity index (χ3n) is 11.9. The van der Waals surface area contributed by atoms with Gasteiger partial charge < -0.3 is 39.3 Å². The molecule has 0 unspecified atom stereocenters. The fourth-order valence-electron chi connectivity index (χ4n) is 7.55. The summed E-state index contributed by atoms with van der Waals surface area (Å²) in [5.74, 6) is -1.96. The van der Waals surface area contributed by atoms with E-state index >= 15 is 0 Å². The van der Waals surface area contributed by atoms with Crippen LogP contribution in [0.25, 0.3) is 0 Å². The van der Waals surface area contributed by atoms with Gasteiger partial charge in [-0.15, -0.1) is 23.2 Å². The molecule has 0 aliphatic heterocycles. The molecule has 0 spiro atoms. The second kappa shape index (κ2) is 42.3. The minimum absolute atomic E-state index is 0.0221. The van der Waals surface area contributed by atoms with Gasteiger partial charge in [-0.2, -0.15) is 0 Å². The molecule has 14 nitrogen and oxygen atoms in total. The predicted molar refractivity (Wildman–Crippen MR) is 340 cm³/mol. The molecule has 8 rings (SSSR count). The first-order chi connectivity index (χ1) is 40.2. The molecule has 0 amide bonds. The quantitative estimate of drug-likeness (QED) is 0.0137. The number of aromatic nitrogens is 4. The van der Waals surface area contributed by atoms with E-state index in [4.69, 9.17) is 84.3 Å². The molecule has 0 radical (unpaired) electrons. The fourth-order valence-corrected chi connectivity index (χ4v) is 7.69. The number of carboxylic acids is 1. The molecule has 0 aliphatic rings. The lowest BCUT2D eigenvalue weighted by Crippen LogP contribution is -2.05. The third-order valence-corrected chi connectivity index (χ3v) is 12.0. The number of alkyl halides is 2. The van der Waals surface area contributed by atoms with Gasteiger partial charge in [0.2, 0.25) is 5.24 Å². The third kappa shape index (κ3) is 29.8. The van der Waals surface area contributed by atoms with E-state index < -0.39 is 23.3 Å². The smallest absolute Gasteiger partial charge is 0.477 e. The second-order valence-corrected chi connectivity index (χ2v) is 25.5. The Kier molecular flexibility index (Phi) is 37.1. The average molecular weight is 1280 g/mol. The molecule has 4 aromatic heterocycles. The summed E-state index contributed by atoms with van der Waals surface area (Å²) in [6, 6.07) is 40.7. The number of halogens is 6. The number of aromatic carboxylic acids is 1. The highest BCUT2D eigenvalue weighted by Gasteiger charge is 2.15. The molecular formula is C63H71AlCl6N4O10. The Morgan fingerprint density at radius 3 is 1.19 bits per heavy atom. The number of nitrogens with one attached hydrogen (secondary N) is 4. The summed E-state index contributed by atoms with van der Waals surface area (Å²) in [5.41, 5.74) is 13.7. The van der Waals surface area contributed by atoms with Crippen LogP contribution in [0.2, 0.25) is 0 Å². The number of H-pyrrole nitrogens is 4. The molecule has 21 heteroatoms. The number of ether oxygens (including phenoxy) is 3. The van der Waals surface area contributed by atoms with Gasteiger partial charge in [-0.25, -0.2) is 49.3 Å². The Morgan fingerprint density at radius 2 is 0.821 bits per heavy atom. The molecule has 0 aliphatic carbocycles. The maximum absolute atomic E-state index is 12.2. The summed E-state index contributed by atoms with van der Waals surface area (Å²) >= 11 is 13.1. The van der Waals surface area contributed by atoms with Crippen LogP contribution in [0.4, 0.5) is 0 Å². The maximum Gasteiger partial charge on any atom is 0.643 e. The average Bonchev–Trinajstić information content (AvgIpc) is 4.45. The van der Waals surface area contributed by atoms with E-state index in [9.17, 15) is 28.8 Å². The van der Waals surface area contributed by atoms with E-state index in [1.165, 1.54) is 22.3 Å². The number of carbonyl (C=O) groups is 6. The number of rotatable bonds is 18. The lowest BCUT2D eigenvalue weighted by Gasteiger charge is -2.03. The van der Waals surface area contributed by atoms with Crippen molar-refractivity contribution in [2.75, 3.05) is 25.2 Å². The summed E-state index contributed by atoms with van der Waals surface area (Å²) in [7, 11) is 14.8. The van der Waals surface area contributed by atoms with Gasteiger partial charge in [-0.3, -0.25) is 9.59 Å². The normalized spacial score (nSPS) is 9.82. The zero-order valence-corrected chi connectivity index (χ0v) is 53.7. The number of aromatic amines is 4. The van der Waals surface area contributed by atoms with E-state index in [1.807, 2.05) is 92.8 Å². The second-order valence-electron chi connectivity index (χ2n) is 17.9. The molecule has 8 aromatic rings. The van der Waals surface area contributed by atoms with Crippen LogP contribution < -0.4 is 0 Å². The fraction of sp³-hybridized carbons (Fsp3) is 0.270. The lowest BCUT2D eigenvalue weighted by molar-refractivity contribution is -0.111. The van der Waals surface area contributed by atoms with Gasteiger partial charge in [0.25, 0.3) is 0 Å². The summed E-state index contributed by atoms with van der Waals surface area (Å²) in [6.45, 7) is 14.6. The topological polar surface area (TPSA) is 213 Å². The van der Waals surface area contributed by atoms with Crippen molar-refractivity contribution in [3.05, 3.63) is 236 Å². The van der Waals surface area contributed by atoms with Gasteiger partial charge in [0.05, 0.1) is 25.2 Å². The van der Waals surface area contributed by atoms with E-state index in [-0.39, 0.29) is 34.0 Å². The van der Waals surface area contributed by atoms with Crippen molar-refractivity contribution in [2.24, 2.45) is 0 Å². The van der Waals surface area contributed by atoms with Crippen LogP contribution in [0.1, 0.15) is 129 Å². The van der Waals surface area contributed by atoms with Crippen molar-refractivity contribution in [3.63, 3.8) is 0 Å². The van der Waals surface area contributed by atoms with Gasteiger partial charge in [0.1, 0.15) is 22.8 Å². The van der Waals surface area contributed by atoms with Gasteiger partial charge in [-0.05, 0) is 172 Å². The molecular weight excluding hydrogens is 1210 g/mol. The number of benzene rings is 4. The highest BCUT2D eigenvalue weighted by molar-refractivity contribution is 7.54. The van der Waals surface area contributed by atoms with Crippen LogP contribution in [0.5, 0.6) is 0 Å². The van der Waals surface area contributed by atoms with E-state index in [0.717, 1.165) is 59.1 Å². The first kappa shape index (κ1) is 73.6. The zero-order chi connectivity index (χ0) is 62.4. The minimum atomic E-state index is -1.72. The van der Waals surface area contributed by atoms with Crippen LogP contribution in [0, 0.1) is 27.7 Å². The molecule has 448 valence electrons. The Labute approximate surface area is 523 Å². The molecule has 5 N–H and O–H groups in total. The summed E-state index contributed by atoms with van der Waals surface area (Å²) in [4.78, 5) is 78.6. The Morgan fingerprint density at radius 1 is 0.464 bits per heavy atom. The molecule has 0 fully saturated rings. The van der Waals surface area contributed by atoms with E-state index in [2.05, 4.69) is 64.1 Å². The number of hydrogen-bond acceptors (Lipinski definition) is 9. The first-order valence-corrected chi connectivity index (χ1v) is 33.2. The summed E-state index contributed by atoms with van der Waals surface area (Å²) in [5, 5.41) is 8.68. The first-order valence-electron chi connectivity index (χ1n) is 26.5. The lowest BCUT2D eigenvalue weighted by atomic mass is 10.0. The molecule has 4 heterocycles. The van der Waals surface area contributed by atoms with E-state index in [0.29, 0.717) is 55.3 Å². The minimum Gasteiger partial charge on any atom is -0.477 e. The number of carbonyl (C=O) groups excluding carboxylic acids is 5. The van der Waals surface area contributed by atoms with Crippen LogP contribution in [0.3, 0.4) is 0 Å². The van der Waals surface area contributed by atoms with Gasteiger partial charge in [-0.1, -0.05) is 97.1 Å². The van der Waals surface area contributed by atoms with Crippen LogP contribution >= 0.6 is 65.0 Å². The number of ketones is 1. The Balaban J connectivity index is 0.000000355. The predicted octanol–water partition coefficient (Wildman–Crippen LogP) is 15.6. The van der Waals surface area contributed by atoms with Crippen LogP contribution in [0.15, 0.2) is 152 Å². The molecule has 0 saturated carbocycles. The van der Waals surface area contributed by atoms with Crippen LogP contribution in [-0.4, -0.2) is 96.5 Å². The van der Waals surface area contributed by atoms with Crippen molar-refractivity contribution >= 4 is 111 Å². The summed E-state index contributed by atoms with van der Waals surface area (Å²) < 4.78 is 14.5. The maximum atomic E-state index is 12.2. The van der Waals surface area contributed by atoms with Crippen molar-refractivity contribution in [1.29, 1.82) is 0 Å². The number of aryl methyl sites for hydroxylation is 8. The largest absolute Gasteiger partial charge is 0.643 e. The zero-order valence-electron chi connectivity index (χ0n) is 48.0. The monoisotopic (exact) mass is 1280 g/mol. The number of carboxylic acid groups (broad SMARTS) is 1. The molecule has 0 atom stereocenters. The molecule has 4 aromatic carbocycles.